The van der Waals surface area contributed by atoms with Crippen molar-refractivity contribution in [3.05, 3.63) is 114 Å². The third kappa shape index (κ3) is 7.47. The largest absolute Gasteiger partial charge is 0.353 e. The van der Waals surface area contributed by atoms with Crippen LogP contribution in [0.15, 0.2) is 97.1 Å². The highest BCUT2D eigenvalue weighted by molar-refractivity contribution is 6.13. The summed E-state index contributed by atoms with van der Waals surface area (Å²) in [6, 6.07) is 29.4. The molecule has 4 aromatic rings. The first-order chi connectivity index (χ1) is 23.4. The number of hydrogen-bond acceptors (Lipinski definition) is 5. The summed E-state index contributed by atoms with van der Waals surface area (Å²) in [5.41, 5.74) is 5.53. The maximum atomic E-state index is 13.9. The molecule has 4 aromatic carbocycles. The average molecular weight is 644 g/mol. The van der Waals surface area contributed by atoms with E-state index in [1.807, 2.05) is 55.5 Å². The quantitative estimate of drug-likeness (QED) is 0.237. The molecule has 1 saturated heterocycles. The van der Waals surface area contributed by atoms with Crippen LogP contribution in [0.1, 0.15) is 52.0 Å². The van der Waals surface area contributed by atoms with Crippen LogP contribution in [0.2, 0.25) is 0 Å². The number of aryl methyl sites for hydroxylation is 1. The van der Waals surface area contributed by atoms with Crippen LogP contribution in [0.4, 0.5) is 17.1 Å². The van der Waals surface area contributed by atoms with Crippen molar-refractivity contribution >= 4 is 40.7 Å². The number of anilines is 3. The Morgan fingerprint density at radius 2 is 1.40 bits per heavy atom. The highest BCUT2D eigenvalue weighted by atomic mass is 16.2. The summed E-state index contributed by atoms with van der Waals surface area (Å²) in [5.74, 6) is -0.962. The molecule has 246 valence electrons. The summed E-state index contributed by atoms with van der Waals surface area (Å²) in [7, 11) is 0. The van der Waals surface area contributed by atoms with E-state index in [1.54, 1.807) is 53.4 Å². The second-order valence-electron chi connectivity index (χ2n) is 12.3. The van der Waals surface area contributed by atoms with Gasteiger partial charge in [0, 0.05) is 42.9 Å². The summed E-state index contributed by atoms with van der Waals surface area (Å²) >= 11 is 0. The average Bonchev–Trinajstić information content (AvgIpc) is 3.25. The van der Waals surface area contributed by atoms with Crippen molar-refractivity contribution in [1.82, 2.24) is 10.2 Å². The molecule has 0 radical (unpaired) electrons. The molecule has 0 aliphatic carbocycles. The van der Waals surface area contributed by atoms with Gasteiger partial charge in [-0.05, 0) is 92.0 Å². The van der Waals surface area contributed by atoms with Crippen molar-refractivity contribution in [2.75, 3.05) is 54.4 Å². The molecule has 0 saturated carbocycles. The molecule has 2 heterocycles. The number of carbonyl (C=O) groups excluding carboxylic acids is 4. The van der Waals surface area contributed by atoms with Crippen molar-refractivity contribution in [3.63, 3.8) is 0 Å². The lowest BCUT2D eigenvalue weighted by Gasteiger charge is -2.27. The lowest BCUT2D eigenvalue weighted by molar-refractivity contribution is -0.123. The number of fused-ring (bicyclic) bond motifs is 1. The summed E-state index contributed by atoms with van der Waals surface area (Å²) in [6.45, 7) is 5.51. The highest BCUT2D eigenvalue weighted by Crippen LogP contribution is 2.34. The van der Waals surface area contributed by atoms with E-state index in [1.165, 1.54) is 24.2 Å². The molecule has 2 N–H and O–H groups in total. The molecule has 0 unspecified atom stereocenters. The van der Waals surface area contributed by atoms with Crippen LogP contribution >= 0.6 is 0 Å². The van der Waals surface area contributed by atoms with E-state index in [0.29, 0.717) is 34.7 Å². The number of nitrogens with one attached hydrogen (secondary N) is 2. The van der Waals surface area contributed by atoms with Gasteiger partial charge in [-0.15, -0.1) is 0 Å². The van der Waals surface area contributed by atoms with Crippen LogP contribution < -0.4 is 20.4 Å². The second kappa shape index (κ2) is 15.1. The second-order valence-corrected chi connectivity index (χ2v) is 12.3. The van der Waals surface area contributed by atoms with Gasteiger partial charge >= 0.3 is 0 Å². The Balaban J connectivity index is 1.13. The Morgan fingerprint density at radius 3 is 2.15 bits per heavy atom. The number of hydrogen-bond donors (Lipinski definition) is 2. The Hall–Kier alpha value is -5.28. The SMILES string of the molecule is Cc1ccccc1-c1ccccc1C(=O)Nc1ccc(C(=O)N2CCC(=O)N(CC(=O)NCCN3CCCCC3)c3ccccc32)cc1. The normalized spacial score (nSPS) is 15.0. The van der Waals surface area contributed by atoms with Gasteiger partial charge < -0.3 is 25.3 Å². The monoisotopic (exact) mass is 643 g/mol. The first-order valence-electron chi connectivity index (χ1n) is 16.7. The fourth-order valence-corrected chi connectivity index (χ4v) is 6.48. The topological polar surface area (TPSA) is 102 Å². The smallest absolute Gasteiger partial charge is 0.258 e. The maximum absolute atomic E-state index is 13.9. The zero-order chi connectivity index (χ0) is 33.5. The Kier molecular flexibility index (Phi) is 10.3. The molecule has 2 aliphatic rings. The summed E-state index contributed by atoms with van der Waals surface area (Å²) in [5, 5.41) is 5.93. The van der Waals surface area contributed by atoms with Crippen molar-refractivity contribution in [2.45, 2.75) is 32.6 Å². The zero-order valence-corrected chi connectivity index (χ0v) is 27.3. The third-order valence-electron chi connectivity index (χ3n) is 9.06. The molecular formula is C39H41N5O4. The molecule has 0 spiro atoms. The van der Waals surface area contributed by atoms with Gasteiger partial charge in [-0.2, -0.15) is 0 Å². The molecule has 6 rings (SSSR count). The van der Waals surface area contributed by atoms with E-state index in [-0.39, 0.29) is 43.1 Å². The van der Waals surface area contributed by atoms with Crippen LogP contribution in [0.3, 0.4) is 0 Å². The summed E-state index contributed by atoms with van der Waals surface area (Å²) in [6.07, 6.45) is 3.71. The van der Waals surface area contributed by atoms with E-state index < -0.39 is 0 Å². The minimum atomic E-state index is -0.272. The number of likely N-dealkylation sites (tertiary alicyclic amines) is 1. The van der Waals surface area contributed by atoms with Crippen LogP contribution in [-0.2, 0) is 9.59 Å². The van der Waals surface area contributed by atoms with Gasteiger partial charge in [0.15, 0.2) is 0 Å². The fraction of sp³-hybridized carbons (Fsp3) is 0.282. The van der Waals surface area contributed by atoms with Gasteiger partial charge in [0.05, 0.1) is 11.4 Å². The van der Waals surface area contributed by atoms with E-state index in [4.69, 9.17) is 0 Å². The first kappa shape index (κ1) is 32.7. The van der Waals surface area contributed by atoms with E-state index in [2.05, 4.69) is 15.5 Å². The third-order valence-corrected chi connectivity index (χ3v) is 9.06. The molecule has 0 atom stereocenters. The minimum absolute atomic E-state index is 0.0793. The van der Waals surface area contributed by atoms with Crippen LogP contribution in [0.5, 0.6) is 0 Å². The molecule has 9 heteroatoms. The van der Waals surface area contributed by atoms with Gasteiger partial charge in [-0.1, -0.05) is 61.0 Å². The summed E-state index contributed by atoms with van der Waals surface area (Å²) < 4.78 is 0. The maximum Gasteiger partial charge on any atom is 0.258 e. The van der Waals surface area contributed by atoms with Crippen LogP contribution in [0.25, 0.3) is 11.1 Å². The molecule has 0 bridgehead atoms. The minimum Gasteiger partial charge on any atom is -0.353 e. The van der Waals surface area contributed by atoms with Crippen LogP contribution in [-0.4, -0.2) is 67.8 Å². The number of amides is 4. The predicted octanol–water partition coefficient (Wildman–Crippen LogP) is 5.90. The van der Waals surface area contributed by atoms with Crippen molar-refractivity contribution in [3.8, 4) is 11.1 Å². The molecular weight excluding hydrogens is 602 g/mol. The van der Waals surface area contributed by atoms with Gasteiger partial charge in [-0.3, -0.25) is 19.2 Å². The van der Waals surface area contributed by atoms with E-state index in [0.717, 1.165) is 36.3 Å². The zero-order valence-electron chi connectivity index (χ0n) is 27.3. The molecule has 48 heavy (non-hydrogen) atoms. The standard InChI is InChI=1S/C39H41N5O4/c1-28-11-3-4-12-31(28)32-13-5-6-14-33(32)38(47)41-30-19-17-29(18-20-30)39(48)43-25-21-37(46)44(35-16-8-7-15-34(35)43)27-36(45)40-22-26-42-23-9-2-10-24-42/h3-8,11-20H,2,9-10,21-27H2,1H3,(H,40,45)(H,41,47). The van der Waals surface area contributed by atoms with E-state index >= 15 is 0 Å². The molecule has 2 aliphatic heterocycles. The lowest BCUT2D eigenvalue weighted by Crippen LogP contribution is -2.43. The molecule has 0 aromatic heterocycles. The molecule has 1 fully saturated rings. The molecule has 4 amide bonds. The van der Waals surface area contributed by atoms with E-state index in [9.17, 15) is 19.2 Å². The van der Waals surface area contributed by atoms with Gasteiger partial charge in [0.1, 0.15) is 6.54 Å². The molecule has 9 nitrogen and oxygen atoms in total. The first-order valence-corrected chi connectivity index (χ1v) is 16.7. The van der Waals surface area contributed by atoms with Crippen molar-refractivity contribution < 1.29 is 19.2 Å². The number of rotatable bonds is 9. The Morgan fingerprint density at radius 1 is 0.729 bits per heavy atom. The summed E-state index contributed by atoms with van der Waals surface area (Å²) in [4.78, 5) is 58.9. The Bertz CT molecular complexity index is 1800. The number of benzene rings is 4. The van der Waals surface area contributed by atoms with Gasteiger partial charge in [-0.25, -0.2) is 0 Å². The fourth-order valence-electron chi connectivity index (χ4n) is 6.48. The lowest BCUT2D eigenvalue weighted by atomic mass is 9.95. The number of piperidine rings is 1. The van der Waals surface area contributed by atoms with Gasteiger partial charge in [0.2, 0.25) is 11.8 Å². The Labute approximate surface area is 281 Å². The predicted molar refractivity (Wildman–Crippen MR) is 189 cm³/mol. The number of para-hydroxylation sites is 2. The van der Waals surface area contributed by atoms with Crippen molar-refractivity contribution in [2.24, 2.45) is 0 Å². The van der Waals surface area contributed by atoms with Gasteiger partial charge in [0.25, 0.3) is 11.8 Å². The van der Waals surface area contributed by atoms with Crippen molar-refractivity contribution in [1.29, 1.82) is 0 Å². The number of nitrogens with zero attached hydrogens (tertiary/aromatic N) is 3. The number of carbonyl (C=O) groups is 4. The highest BCUT2D eigenvalue weighted by Gasteiger charge is 2.31. The van der Waals surface area contributed by atoms with Crippen LogP contribution in [0, 0.1) is 6.92 Å².